The summed E-state index contributed by atoms with van der Waals surface area (Å²) in [4.78, 5) is 4.34. The quantitative estimate of drug-likeness (QED) is 0.869. The summed E-state index contributed by atoms with van der Waals surface area (Å²) in [6.45, 7) is 5.75. The van der Waals surface area contributed by atoms with Crippen molar-refractivity contribution in [3.8, 4) is 0 Å². The molecular weight excluding hydrogens is 216 g/mol. The minimum absolute atomic E-state index is 0.193. The second-order valence-corrected chi connectivity index (χ2v) is 4.89. The van der Waals surface area contributed by atoms with Gasteiger partial charge in [0.2, 0.25) is 0 Å². The first kappa shape index (κ1) is 12.6. The van der Waals surface area contributed by atoms with Crippen LogP contribution in [0.25, 0.3) is 0 Å². The van der Waals surface area contributed by atoms with Crippen molar-refractivity contribution in [2.24, 2.45) is 0 Å². The van der Waals surface area contributed by atoms with Crippen molar-refractivity contribution in [1.29, 1.82) is 0 Å². The third-order valence-electron chi connectivity index (χ3n) is 3.61. The predicted molar refractivity (Wildman–Crippen MR) is 65.8 cm³/mol. The zero-order valence-electron chi connectivity index (χ0n) is 10.7. The molecule has 1 aromatic heterocycles. The van der Waals surface area contributed by atoms with E-state index >= 15 is 0 Å². The van der Waals surface area contributed by atoms with Crippen molar-refractivity contribution in [1.82, 2.24) is 9.55 Å². The van der Waals surface area contributed by atoms with Gasteiger partial charge < -0.3 is 14.4 Å². The highest BCUT2D eigenvalue weighted by molar-refractivity contribution is 5.00. The summed E-state index contributed by atoms with van der Waals surface area (Å²) < 4.78 is 7.70. The Morgan fingerprint density at radius 1 is 1.59 bits per heavy atom. The van der Waals surface area contributed by atoms with Crippen LogP contribution in [0.4, 0.5) is 0 Å². The van der Waals surface area contributed by atoms with E-state index in [1.54, 1.807) is 6.20 Å². The van der Waals surface area contributed by atoms with Crippen molar-refractivity contribution in [2.45, 2.75) is 57.8 Å². The maximum atomic E-state index is 10.6. The van der Waals surface area contributed by atoms with Gasteiger partial charge in [-0.2, -0.15) is 0 Å². The summed E-state index contributed by atoms with van der Waals surface area (Å²) in [5, 5.41) is 10.6. The van der Waals surface area contributed by atoms with Gasteiger partial charge in [0.25, 0.3) is 0 Å². The van der Waals surface area contributed by atoms with Crippen molar-refractivity contribution < 1.29 is 9.84 Å². The minimum atomic E-state index is -0.642. The Labute approximate surface area is 103 Å². The van der Waals surface area contributed by atoms with E-state index in [2.05, 4.69) is 23.4 Å². The smallest absolute Gasteiger partial charge is 0.111 e. The van der Waals surface area contributed by atoms with Crippen LogP contribution in [0, 0.1) is 0 Å². The van der Waals surface area contributed by atoms with Gasteiger partial charge in [-0.05, 0) is 13.3 Å². The molecule has 4 nitrogen and oxygen atoms in total. The maximum Gasteiger partial charge on any atom is 0.111 e. The molecule has 0 bridgehead atoms. The van der Waals surface area contributed by atoms with E-state index < -0.39 is 5.60 Å². The Balaban J connectivity index is 2.06. The molecule has 2 atom stereocenters. The minimum Gasteiger partial charge on any atom is -0.389 e. The lowest BCUT2D eigenvalue weighted by Crippen LogP contribution is -2.42. The van der Waals surface area contributed by atoms with Crippen molar-refractivity contribution in [3.05, 3.63) is 18.2 Å². The fraction of sp³-hybridized carbons (Fsp3) is 0.769. The molecule has 1 saturated heterocycles. The van der Waals surface area contributed by atoms with E-state index in [4.69, 9.17) is 4.74 Å². The van der Waals surface area contributed by atoms with Crippen LogP contribution in [0.5, 0.6) is 0 Å². The molecule has 1 aliphatic heterocycles. The molecule has 1 fully saturated rings. The number of hydrogen-bond acceptors (Lipinski definition) is 3. The Morgan fingerprint density at radius 2 is 2.41 bits per heavy atom. The van der Waals surface area contributed by atoms with Crippen LogP contribution in [-0.2, 0) is 17.7 Å². The molecule has 2 heterocycles. The number of aromatic nitrogens is 2. The molecule has 0 spiro atoms. The third-order valence-corrected chi connectivity index (χ3v) is 3.61. The van der Waals surface area contributed by atoms with Gasteiger partial charge in [0, 0.05) is 44.8 Å². The van der Waals surface area contributed by atoms with Gasteiger partial charge in [-0.3, -0.25) is 0 Å². The first-order valence-corrected chi connectivity index (χ1v) is 6.51. The Morgan fingerprint density at radius 3 is 3.12 bits per heavy atom. The molecular formula is C13H22N2O2. The number of hydrogen-bond donors (Lipinski definition) is 1. The van der Waals surface area contributed by atoms with E-state index in [0.717, 1.165) is 25.2 Å². The van der Waals surface area contributed by atoms with Crippen LogP contribution in [0.15, 0.2) is 12.4 Å². The second kappa shape index (κ2) is 5.19. The molecule has 2 rings (SSSR count). The maximum absolute atomic E-state index is 10.6. The summed E-state index contributed by atoms with van der Waals surface area (Å²) in [5.74, 6) is 0.978. The first-order valence-electron chi connectivity index (χ1n) is 6.51. The molecule has 0 aliphatic carbocycles. The molecule has 96 valence electrons. The highest BCUT2D eigenvalue weighted by Gasteiger charge is 2.35. The molecule has 1 aromatic rings. The monoisotopic (exact) mass is 238 g/mol. The Hall–Kier alpha value is -0.870. The van der Waals surface area contributed by atoms with Crippen molar-refractivity contribution in [3.63, 3.8) is 0 Å². The van der Waals surface area contributed by atoms with Gasteiger partial charge in [0.05, 0.1) is 11.7 Å². The van der Waals surface area contributed by atoms with Crippen LogP contribution >= 0.6 is 0 Å². The van der Waals surface area contributed by atoms with Gasteiger partial charge in [-0.15, -0.1) is 0 Å². The van der Waals surface area contributed by atoms with Gasteiger partial charge in [-0.1, -0.05) is 6.92 Å². The van der Waals surface area contributed by atoms with Crippen molar-refractivity contribution in [2.75, 3.05) is 6.61 Å². The molecule has 0 amide bonds. The van der Waals surface area contributed by atoms with Crippen LogP contribution in [0.1, 0.15) is 38.9 Å². The topological polar surface area (TPSA) is 47.3 Å². The zero-order chi connectivity index (χ0) is 12.3. The fourth-order valence-corrected chi connectivity index (χ4v) is 2.51. The molecule has 17 heavy (non-hydrogen) atoms. The van der Waals surface area contributed by atoms with Gasteiger partial charge in [0.1, 0.15) is 5.82 Å². The van der Waals surface area contributed by atoms with Crippen LogP contribution in [0.3, 0.4) is 0 Å². The third kappa shape index (κ3) is 2.87. The van der Waals surface area contributed by atoms with E-state index in [-0.39, 0.29) is 6.10 Å². The lowest BCUT2D eigenvalue weighted by atomic mass is 9.86. The molecule has 0 aromatic carbocycles. The van der Waals surface area contributed by atoms with E-state index in [1.165, 1.54) is 0 Å². The lowest BCUT2D eigenvalue weighted by Gasteiger charge is -2.36. The number of aliphatic hydroxyl groups is 1. The van der Waals surface area contributed by atoms with Crippen LogP contribution in [0.2, 0.25) is 0 Å². The Kier molecular flexibility index (Phi) is 3.84. The van der Waals surface area contributed by atoms with Gasteiger partial charge >= 0.3 is 0 Å². The average molecular weight is 238 g/mol. The van der Waals surface area contributed by atoms with E-state index in [1.807, 2.05) is 6.20 Å². The van der Waals surface area contributed by atoms with E-state index in [9.17, 15) is 5.11 Å². The summed E-state index contributed by atoms with van der Waals surface area (Å²) >= 11 is 0. The molecule has 0 saturated carbocycles. The molecule has 1 aliphatic rings. The molecule has 2 unspecified atom stereocenters. The van der Waals surface area contributed by atoms with Gasteiger partial charge in [-0.25, -0.2) is 4.98 Å². The largest absolute Gasteiger partial charge is 0.389 e. The van der Waals surface area contributed by atoms with Crippen LogP contribution < -0.4 is 0 Å². The highest BCUT2D eigenvalue weighted by atomic mass is 16.5. The number of ether oxygens (including phenoxy) is 1. The molecule has 1 N–H and O–H groups in total. The van der Waals surface area contributed by atoms with Gasteiger partial charge in [0.15, 0.2) is 0 Å². The fourth-order valence-electron chi connectivity index (χ4n) is 2.51. The number of aryl methyl sites for hydroxylation is 1. The number of rotatable bonds is 4. The Bertz CT molecular complexity index is 364. The van der Waals surface area contributed by atoms with Crippen molar-refractivity contribution >= 4 is 0 Å². The normalized spacial score (nSPS) is 29.5. The summed E-state index contributed by atoms with van der Waals surface area (Å²) in [7, 11) is 0. The highest BCUT2D eigenvalue weighted by Crippen LogP contribution is 2.29. The zero-order valence-corrected chi connectivity index (χ0v) is 10.7. The summed E-state index contributed by atoms with van der Waals surface area (Å²) in [6, 6.07) is 0. The molecule has 0 radical (unpaired) electrons. The lowest BCUT2D eigenvalue weighted by molar-refractivity contribution is -0.104. The SMILES string of the molecule is CCC1CC(O)(Cc2nccn2CC)CCO1. The van der Waals surface area contributed by atoms with Crippen LogP contribution in [-0.4, -0.2) is 33.0 Å². The summed E-state index contributed by atoms with van der Waals surface area (Å²) in [6.07, 6.45) is 6.99. The summed E-state index contributed by atoms with van der Waals surface area (Å²) in [5.41, 5.74) is -0.642. The standard InChI is InChI=1S/C13H22N2O2/c1-3-11-9-13(16,5-8-17-11)10-12-14-6-7-15(12)4-2/h6-7,11,16H,3-5,8-10H2,1-2H3. The first-order chi connectivity index (χ1) is 8.17. The number of nitrogens with zero attached hydrogens (tertiary/aromatic N) is 2. The van der Waals surface area contributed by atoms with E-state index in [0.29, 0.717) is 19.4 Å². The number of imidazole rings is 1. The average Bonchev–Trinajstić information content (AvgIpc) is 2.75. The molecule has 4 heteroatoms. The predicted octanol–water partition coefficient (Wildman–Crippen LogP) is 1.77. The second-order valence-electron chi connectivity index (χ2n) is 4.89.